The highest BCUT2D eigenvalue weighted by molar-refractivity contribution is 8.00. The minimum atomic E-state index is -0.480. The predicted molar refractivity (Wildman–Crippen MR) is 112 cm³/mol. The molecular formula is C21H26N2O5S. The largest absolute Gasteiger partial charge is 0.465 e. The summed E-state index contributed by atoms with van der Waals surface area (Å²) in [6, 6.07) is 4.74. The average Bonchev–Trinajstić information content (AvgIpc) is 2.93. The quantitative estimate of drug-likeness (QED) is 0.295. The molecule has 1 fully saturated rings. The van der Waals surface area contributed by atoms with E-state index in [1.165, 1.54) is 18.9 Å². The number of thioether (sulfide) groups is 1. The summed E-state index contributed by atoms with van der Waals surface area (Å²) in [6.07, 6.45) is 5.00. The molecule has 0 N–H and O–H groups in total. The topological polar surface area (TPSA) is 87.5 Å². The molecule has 1 heterocycles. The molecule has 1 aromatic heterocycles. The highest BCUT2D eigenvalue weighted by Crippen LogP contribution is 2.30. The van der Waals surface area contributed by atoms with Crippen LogP contribution in [0.3, 0.4) is 0 Å². The first-order valence-electron chi connectivity index (χ1n) is 9.86. The molecule has 8 heteroatoms. The summed E-state index contributed by atoms with van der Waals surface area (Å²) in [5, 5.41) is 0.756. The number of hydrogen-bond acceptors (Lipinski definition) is 7. The van der Waals surface area contributed by atoms with Crippen LogP contribution in [0.1, 0.15) is 48.9 Å². The van der Waals surface area contributed by atoms with E-state index in [2.05, 4.69) is 4.98 Å². The molecule has 156 valence electrons. The summed E-state index contributed by atoms with van der Waals surface area (Å²) in [6.45, 7) is 0.982. The van der Waals surface area contributed by atoms with E-state index in [1.807, 2.05) is 0 Å². The SMILES string of the molecule is COCCCn1c(S[C@@H]2CCCCCC2=O)nc2cc(C(=O)OC)ccc2c1=O. The normalized spacial score (nSPS) is 17.3. The number of ether oxygens (including phenoxy) is 2. The molecular weight excluding hydrogens is 392 g/mol. The number of rotatable bonds is 7. The average molecular weight is 419 g/mol. The van der Waals surface area contributed by atoms with Crippen molar-refractivity contribution in [2.75, 3.05) is 20.8 Å². The Morgan fingerprint density at radius 2 is 2.07 bits per heavy atom. The summed E-state index contributed by atoms with van der Waals surface area (Å²) in [5.74, 6) is -0.264. The predicted octanol–water partition coefficient (Wildman–Crippen LogP) is 3.21. The molecule has 0 aliphatic heterocycles. The van der Waals surface area contributed by atoms with Gasteiger partial charge in [-0.3, -0.25) is 14.2 Å². The van der Waals surface area contributed by atoms with E-state index in [1.54, 1.807) is 29.9 Å². The number of methoxy groups -OCH3 is 2. The van der Waals surface area contributed by atoms with Crippen molar-refractivity contribution in [3.63, 3.8) is 0 Å². The number of carbonyl (C=O) groups is 2. The number of esters is 1. The van der Waals surface area contributed by atoms with Gasteiger partial charge in [0.25, 0.3) is 5.56 Å². The molecule has 0 amide bonds. The molecule has 1 aromatic carbocycles. The van der Waals surface area contributed by atoms with Crippen LogP contribution in [0.15, 0.2) is 28.2 Å². The second-order valence-electron chi connectivity index (χ2n) is 7.09. The van der Waals surface area contributed by atoms with Gasteiger partial charge in [-0.2, -0.15) is 0 Å². The minimum Gasteiger partial charge on any atom is -0.465 e. The van der Waals surface area contributed by atoms with Crippen molar-refractivity contribution in [2.45, 2.75) is 55.5 Å². The lowest BCUT2D eigenvalue weighted by atomic mass is 10.1. The van der Waals surface area contributed by atoms with Gasteiger partial charge in [-0.25, -0.2) is 9.78 Å². The van der Waals surface area contributed by atoms with Gasteiger partial charge in [-0.15, -0.1) is 0 Å². The van der Waals surface area contributed by atoms with E-state index in [0.717, 1.165) is 25.7 Å². The fraction of sp³-hybridized carbons (Fsp3) is 0.524. The number of ketones is 1. The standard InChI is InChI=1S/C21H26N2O5S/c1-27-12-6-11-23-19(25)15-10-9-14(20(26)28-2)13-16(15)22-21(23)29-18-8-5-3-4-7-17(18)24/h9-10,13,18H,3-8,11-12H2,1-2H3/t18-/m1/s1. The van der Waals surface area contributed by atoms with Crippen molar-refractivity contribution >= 4 is 34.4 Å². The number of nitrogens with zero attached hydrogens (tertiary/aromatic N) is 2. The summed E-state index contributed by atoms with van der Waals surface area (Å²) < 4.78 is 11.5. The zero-order chi connectivity index (χ0) is 20.8. The van der Waals surface area contributed by atoms with E-state index in [4.69, 9.17) is 9.47 Å². The Bertz CT molecular complexity index is 956. The highest BCUT2D eigenvalue weighted by Gasteiger charge is 2.25. The molecule has 0 bridgehead atoms. The summed E-state index contributed by atoms with van der Waals surface area (Å²) in [4.78, 5) is 42.2. The van der Waals surface area contributed by atoms with Crippen LogP contribution in [0.5, 0.6) is 0 Å². The third kappa shape index (κ3) is 5.05. The van der Waals surface area contributed by atoms with Crippen LogP contribution in [0.2, 0.25) is 0 Å². The van der Waals surface area contributed by atoms with Gasteiger partial charge in [-0.1, -0.05) is 24.6 Å². The molecule has 0 saturated heterocycles. The Morgan fingerprint density at radius 1 is 1.24 bits per heavy atom. The molecule has 0 unspecified atom stereocenters. The lowest BCUT2D eigenvalue weighted by molar-refractivity contribution is -0.118. The van der Waals surface area contributed by atoms with Crippen molar-refractivity contribution in [3.05, 3.63) is 34.1 Å². The van der Waals surface area contributed by atoms with Crippen molar-refractivity contribution in [2.24, 2.45) is 0 Å². The fourth-order valence-corrected chi connectivity index (χ4v) is 4.72. The van der Waals surface area contributed by atoms with Crippen LogP contribution >= 0.6 is 11.8 Å². The van der Waals surface area contributed by atoms with E-state index in [9.17, 15) is 14.4 Å². The maximum absolute atomic E-state index is 13.2. The Hall–Kier alpha value is -2.19. The Balaban J connectivity index is 2.04. The van der Waals surface area contributed by atoms with E-state index >= 15 is 0 Å². The van der Waals surface area contributed by atoms with Gasteiger partial charge in [-0.05, 0) is 37.5 Å². The first-order chi connectivity index (χ1) is 14.0. The lowest BCUT2D eigenvalue weighted by Crippen LogP contribution is -2.26. The number of aromatic nitrogens is 2. The molecule has 29 heavy (non-hydrogen) atoms. The van der Waals surface area contributed by atoms with Crippen molar-refractivity contribution in [1.29, 1.82) is 0 Å². The number of fused-ring (bicyclic) bond motifs is 1. The van der Waals surface area contributed by atoms with E-state index in [0.29, 0.717) is 47.6 Å². The number of carbonyl (C=O) groups excluding carboxylic acids is 2. The molecule has 0 radical (unpaired) electrons. The first kappa shape index (κ1) is 21.5. The van der Waals surface area contributed by atoms with Crippen LogP contribution in [-0.4, -0.2) is 47.4 Å². The molecule has 3 rings (SSSR count). The van der Waals surface area contributed by atoms with Gasteiger partial charge in [0.15, 0.2) is 5.16 Å². The Morgan fingerprint density at radius 3 is 2.83 bits per heavy atom. The second-order valence-corrected chi connectivity index (χ2v) is 8.26. The van der Waals surface area contributed by atoms with Gasteiger partial charge in [0.2, 0.25) is 0 Å². The second kappa shape index (κ2) is 10.0. The smallest absolute Gasteiger partial charge is 0.337 e. The van der Waals surface area contributed by atoms with Gasteiger partial charge in [0.1, 0.15) is 5.78 Å². The van der Waals surface area contributed by atoms with Crippen LogP contribution in [0.25, 0.3) is 10.9 Å². The van der Waals surface area contributed by atoms with Crippen molar-refractivity contribution in [3.8, 4) is 0 Å². The molecule has 1 aliphatic carbocycles. The maximum Gasteiger partial charge on any atom is 0.337 e. The zero-order valence-corrected chi connectivity index (χ0v) is 17.6. The van der Waals surface area contributed by atoms with Gasteiger partial charge in [0, 0.05) is 26.7 Å². The van der Waals surface area contributed by atoms with Gasteiger partial charge >= 0.3 is 5.97 Å². The third-order valence-corrected chi connectivity index (χ3v) is 6.37. The van der Waals surface area contributed by atoms with Crippen LogP contribution in [-0.2, 0) is 20.8 Å². The van der Waals surface area contributed by atoms with Crippen molar-refractivity contribution < 1.29 is 19.1 Å². The summed E-state index contributed by atoms with van der Waals surface area (Å²) in [7, 11) is 2.93. The van der Waals surface area contributed by atoms with E-state index in [-0.39, 0.29) is 16.6 Å². The summed E-state index contributed by atoms with van der Waals surface area (Å²) >= 11 is 1.36. The number of benzene rings is 1. The zero-order valence-electron chi connectivity index (χ0n) is 16.8. The summed E-state index contributed by atoms with van der Waals surface area (Å²) in [5.41, 5.74) is 0.598. The fourth-order valence-electron chi connectivity index (χ4n) is 3.48. The van der Waals surface area contributed by atoms with Crippen LogP contribution in [0.4, 0.5) is 0 Å². The number of hydrogen-bond donors (Lipinski definition) is 0. The molecule has 1 atom stereocenters. The molecule has 7 nitrogen and oxygen atoms in total. The highest BCUT2D eigenvalue weighted by atomic mass is 32.2. The monoisotopic (exact) mass is 418 g/mol. The molecule has 1 aliphatic rings. The van der Waals surface area contributed by atoms with Crippen LogP contribution < -0.4 is 5.56 Å². The maximum atomic E-state index is 13.2. The Kier molecular flexibility index (Phi) is 7.44. The first-order valence-corrected chi connectivity index (χ1v) is 10.7. The van der Waals surface area contributed by atoms with E-state index < -0.39 is 5.97 Å². The minimum absolute atomic E-state index is 0.175. The Labute approximate surface area is 173 Å². The van der Waals surface area contributed by atoms with Gasteiger partial charge in [0.05, 0.1) is 28.8 Å². The molecule has 2 aromatic rings. The lowest BCUT2D eigenvalue weighted by Gasteiger charge is -2.17. The number of Topliss-reactive ketones (excluding diaryl/α,β-unsaturated/α-hetero) is 1. The molecule has 0 spiro atoms. The molecule has 1 saturated carbocycles. The van der Waals surface area contributed by atoms with Crippen LogP contribution in [0, 0.1) is 0 Å². The van der Waals surface area contributed by atoms with Crippen molar-refractivity contribution in [1.82, 2.24) is 9.55 Å². The third-order valence-electron chi connectivity index (χ3n) is 5.07. The van der Waals surface area contributed by atoms with Gasteiger partial charge < -0.3 is 9.47 Å².